The van der Waals surface area contributed by atoms with E-state index in [1.165, 1.54) is 5.57 Å². The highest BCUT2D eigenvalue weighted by Crippen LogP contribution is 2.16. The van der Waals surface area contributed by atoms with Crippen LogP contribution in [0.25, 0.3) is 0 Å². The molecule has 0 aliphatic heterocycles. The number of rotatable bonds is 8. The number of hydrogen-bond acceptors (Lipinski definition) is 2. The first-order valence-corrected chi connectivity index (χ1v) is 6.37. The van der Waals surface area contributed by atoms with E-state index in [4.69, 9.17) is 11.5 Å². The van der Waals surface area contributed by atoms with Crippen LogP contribution in [0.5, 0.6) is 0 Å². The van der Waals surface area contributed by atoms with E-state index in [0.29, 0.717) is 12.8 Å². The second kappa shape index (κ2) is 7.94. The quantitative estimate of drug-likeness (QED) is 0.516. The maximum absolute atomic E-state index is 10.6. The second-order valence-corrected chi connectivity index (χ2v) is 5.14. The summed E-state index contributed by atoms with van der Waals surface area (Å²) in [4.78, 5) is 10.6. The van der Waals surface area contributed by atoms with Gasteiger partial charge in [0.15, 0.2) is 0 Å². The number of carboxylic acid groups (broad SMARTS) is 1. The van der Waals surface area contributed by atoms with Crippen molar-refractivity contribution in [3.63, 3.8) is 0 Å². The van der Waals surface area contributed by atoms with Gasteiger partial charge < -0.3 is 10.2 Å². The van der Waals surface area contributed by atoms with Crippen LogP contribution in [0.1, 0.15) is 52.9 Å². The summed E-state index contributed by atoms with van der Waals surface area (Å²) in [5, 5.41) is 18.4. The molecule has 0 aromatic rings. The first-order chi connectivity index (χ1) is 8.28. The fourth-order valence-corrected chi connectivity index (χ4v) is 1.59. The molecule has 0 saturated carbocycles. The maximum atomic E-state index is 10.6. The van der Waals surface area contributed by atoms with Crippen LogP contribution in [0.2, 0.25) is 0 Å². The van der Waals surface area contributed by atoms with Gasteiger partial charge in [0.25, 0.3) is 0 Å². The van der Waals surface area contributed by atoms with Crippen LogP contribution in [0, 0.1) is 18.3 Å². The predicted molar refractivity (Wildman–Crippen MR) is 73.1 cm³/mol. The topological polar surface area (TPSA) is 57.5 Å². The summed E-state index contributed by atoms with van der Waals surface area (Å²) in [7, 11) is 0. The molecule has 0 aliphatic rings. The SMILES string of the molecule is C#CC(C)(O)CCCC(C)=CCCC(C)C(=O)O. The Bertz CT molecular complexity index is 334. The molecule has 102 valence electrons. The lowest BCUT2D eigenvalue weighted by atomic mass is 9.97. The lowest BCUT2D eigenvalue weighted by molar-refractivity contribution is -0.141. The van der Waals surface area contributed by atoms with Crippen molar-refractivity contribution in [2.24, 2.45) is 5.92 Å². The van der Waals surface area contributed by atoms with Crippen molar-refractivity contribution in [2.75, 3.05) is 0 Å². The normalized spacial score (nSPS) is 16.7. The zero-order valence-corrected chi connectivity index (χ0v) is 11.6. The number of allylic oxidation sites excluding steroid dienone is 2. The minimum absolute atomic E-state index is 0.295. The number of aliphatic carboxylic acids is 1. The Balaban J connectivity index is 3.86. The van der Waals surface area contributed by atoms with Crippen LogP contribution in [0.3, 0.4) is 0 Å². The molecule has 0 fully saturated rings. The molecule has 18 heavy (non-hydrogen) atoms. The van der Waals surface area contributed by atoms with Gasteiger partial charge in [0.05, 0.1) is 5.92 Å². The molecule has 0 amide bonds. The molecule has 0 radical (unpaired) electrons. The first-order valence-electron chi connectivity index (χ1n) is 6.37. The van der Waals surface area contributed by atoms with Gasteiger partial charge in [0.1, 0.15) is 5.60 Å². The highest BCUT2D eigenvalue weighted by molar-refractivity contribution is 5.69. The molecule has 2 unspecified atom stereocenters. The summed E-state index contributed by atoms with van der Waals surface area (Å²) in [5.74, 6) is 1.32. The van der Waals surface area contributed by atoms with Crippen LogP contribution in [0.4, 0.5) is 0 Å². The number of carboxylic acids is 1. The van der Waals surface area contributed by atoms with Crippen molar-refractivity contribution < 1.29 is 15.0 Å². The molecule has 0 saturated heterocycles. The third-order valence-corrected chi connectivity index (χ3v) is 3.06. The molecule has 0 heterocycles. The summed E-state index contributed by atoms with van der Waals surface area (Å²) in [6.45, 7) is 5.38. The van der Waals surface area contributed by atoms with Crippen molar-refractivity contribution in [1.82, 2.24) is 0 Å². The van der Waals surface area contributed by atoms with E-state index in [9.17, 15) is 9.90 Å². The Morgan fingerprint density at radius 1 is 1.56 bits per heavy atom. The first kappa shape index (κ1) is 16.7. The molecule has 2 N–H and O–H groups in total. The van der Waals surface area contributed by atoms with Gasteiger partial charge in [-0.15, -0.1) is 6.42 Å². The number of terminal acetylenes is 1. The molecule has 0 spiro atoms. The molecule has 0 aliphatic carbocycles. The van der Waals surface area contributed by atoms with Crippen LogP contribution in [-0.4, -0.2) is 21.8 Å². The summed E-state index contributed by atoms with van der Waals surface area (Å²) >= 11 is 0. The average Bonchev–Trinajstić information content (AvgIpc) is 2.28. The Morgan fingerprint density at radius 2 is 2.17 bits per heavy atom. The van der Waals surface area contributed by atoms with Gasteiger partial charge in [-0.3, -0.25) is 4.79 Å². The summed E-state index contributed by atoms with van der Waals surface area (Å²) in [5.41, 5.74) is 0.207. The second-order valence-electron chi connectivity index (χ2n) is 5.14. The van der Waals surface area contributed by atoms with Crippen LogP contribution in [0.15, 0.2) is 11.6 Å². The monoisotopic (exact) mass is 252 g/mol. The Labute approximate surface area is 110 Å². The van der Waals surface area contributed by atoms with Crippen LogP contribution in [-0.2, 0) is 4.79 Å². The standard InChI is InChI=1S/C15H24O3/c1-5-15(4,18)11-7-9-12(2)8-6-10-13(3)14(16)17/h1,8,13,18H,6-7,9-11H2,2-4H3,(H,16,17). The lowest BCUT2D eigenvalue weighted by Gasteiger charge is -2.15. The predicted octanol–water partition coefficient (Wildman–Crippen LogP) is 2.99. The minimum atomic E-state index is -1.02. The molecular formula is C15H24O3. The summed E-state index contributed by atoms with van der Waals surface area (Å²) < 4.78 is 0. The van der Waals surface area contributed by atoms with Crippen molar-refractivity contribution in [3.8, 4) is 12.3 Å². The molecule has 3 nitrogen and oxygen atoms in total. The maximum Gasteiger partial charge on any atom is 0.306 e. The van der Waals surface area contributed by atoms with Crippen molar-refractivity contribution >= 4 is 5.97 Å². The van der Waals surface area contributed by atoms with Crippen molar-refractivity contribution in [2.45, 2.75) is 58.5 Å². The van der Waals surface area contributed by atoms with E-state index in [-0.39, 0.29) is 5.92 Å². The zero-order valence-electron chi connectivity index (χ0n) is 11.6. The largest absolute Gasteiger partial charge is 0.481 e. The van der Waals surface area contributed by atoms with Gasteiger partial charge in [-0.05, 0) is 46.0 Å². The third kappa shape index (κ3) is 7.92. The van der Waals surface area contributed by atoms with E-state index in [0.717, 1.165) is 19.3 Å². The smallest absolute Gasteiger partial charge is 0.306 e. The molecule has 0 rings (SSSR count). The summed E-state index contributed by atoms with van der Waals surface area (Å²) in [6, 6.07) is 0. The molecule has 2 atom stereocenters. The number of aliphatic hydroxyl groups is 1. The molecule has 0 bridgehead atoms. The van der Waals surface area contributed by atoms with Crippen LogP contribution >= 0.6 is 0 Å². The molecule has 0 aromatic heterocycles. The van der Waals surface area contributed by atoms with E-state index in [1.54, 1.807) is 13.8 Å². The van der Waals surface area contributed by atoms with E-state index in [2.05, 4.69) is 12.0 Å². The summed E-state index contributed by atoms with van der Waals surface area (Å²) in [6.07, 6.45) is 11.0. The number of hydrogen-bond donors (Lipinski definition) is 2. The fraction of sp³-hybridized carbons (Fsp3) is 0.667. The van der Waals surface area contributed by atoms with Gasteiger partial charge in [-0.1, -0.05) is 24.5 Å². The van der Waals surface area contributed by atoms with Crippen molar-refractivity contribution in [1.29, 1.82) is 0 Å². The average molecular weight is 252 g/mol. The van der Waals surface area contributed by atoms with E-state index < -0.39 is 11.6 Å². The van der Waals surface area contributed by atoms with Crippen molar-refractivity contribution in [3.05, 3.63) is 11.6 Å². The molecule has 0 aromatic carbocycles. The number of carbonyl (C=O) groups is 1. The van der Waals surface area contributed by atoms with Gasteiger partial charge in [-0.25, -0.2) is 0 Å². The van der Waals surface area contributed by atoms with E-state index >= 15 is 0 Å². The fourth-order valence-electron chi connectivity index (χ4n) is 1.59. The Kier molecular flexibility index (Phi) is 7.38. The molecular weight excluding hydrogens is 228 g/mol. The van der Waals surface area contributed by atoms with Gasteiger partial charge in [0.2, 0.25) is 0 Å². The van der Waals surface area contributed by atoms with Gasteiger partial charge in [0, 0.05) is 0 Å². The van der Waals surface area contributed by atoms with Gasteiger partial charge >= 0.3 is 5.97 Å². The highest BCUT2D eigenvalue weighted by Gasteiger charge is 2.15. The van der Waals surface area contributed by atoms with Gasteiger partial charge in [-0.2, -0.15) is 0 Å². The third-order valence-electron chi connectivity index (χ3n) is 3.06. The van der Waals surface area contributed by atoms with Crippen LogP contribution < -0.4 is 0 Å². The minimum Gasteiger partial charge on any atom is -0.481 e. The highest BCUT2D eigenvalue weighted by atomic mass is 16.4. The lowest BCUT2D eigenvalue weighted by Crippen LogP contribution is -2.20. The Hall–Kier alpha value is -1.27. The zero-order chi connectivity index (χ0) is 14.2. The molecule has 3 heteroatoms. The Morgan fingerprint density at radius 3 is 2.67 bits per heavy atom. The van der Waals surface area contributed by atoms with E-state index in [1.807, 2.05) is 6.92 Å².